The molecule has 6 heteroatoms. The van der Waals surface area contributed by atoms with E-state index >= 15 is 0 Å². The van der Waals surface area contributed by atoms with Gasteiger partial charge in [-0.05, 0) is 11.6 Å². The zero-order valence-corrected chi connectivity index (χ0v) is 9.31. The summed E-state index contributed by atoms with van der Waals surface area (Å²) in [5.41, 5.74) is 6.84. The predicted molar refractivity (Wildman–Crippen MR) is 63.6 cm³/mol. The molecule has 5 nitrogen and oxygen atoms in total. The van der Waals surface area contributed by atoms with Crippen molar-refractivity contribution in [2.24, 2.45) is 0 Å². The van der Waals surface area contributed by atoms with Crippen LogP contribution in [0.15, 0.2) is 29.2 Å². The minimum absolute atomic E-state index is 0.191. The van der Waals surface area contributed by atoms with Crippen LogP contribution in [0.5, 0.6) is 0 Å². The predicted octanol–water partition coefficient (Wildman–Crippen LogP) is 0.812. The van der Waals surface area contributed by atoms with Gasteiger partial charge in [0.2, 0.25) is 5.95 Å². The van der Waals surface area contributed by atoms with E-state index in [9.17, 15) is 0 Å². The largest absolute Gasteiger partial charge is 0.366 e. The van der Waals surface area contributed by atoms with Gasteiger partial charge in [0.05, 0.1) is 5.92 Å². The maximum atomic E-state index is 5.80. The molecule has 0 fully saturated rings. The van der Waals surface area contributed by atoms with Crippen molar-refractivity contribution in [2.75, 3.05) is 17.3 Å². The molecule has 0 saturated carbocycles. The van der Waals surface area contributed by atoms with Crippen LogP contribution in [-0.2, 0) is 0 Å². The Morgan fingerprint density at radius 3 is 2.88 bits per heavy atom. The summed E-state index contributed by atoms with van der Waals surface area (Å²) in [6, 6.07) is 8.28. The lowest BCUT2D eigenvalue weighted by Crippen LogP contribution is -2.18. The normalized spacial score (nSPS) is 18.6. The monoisotopic (exact) mass is 233 g/mol. The second kappa shape index (κ2) is 3.41. The van der Waals surface area contributed by atoms with Crippen molar-refractivity contribution >= 4 is 17.7 Å². The van der Waals surface area contributed by atoms with Gasteiger partial charge in [0.15, 0.2) is 5.82 Å². The van der Waals surface area contributed by atoms with Crippen molar-refractivity contribution in [2.45, 2.75) is 10.8 Å². The number of hydrogen-bond donors (Lipinski definition) is 2. The SMILES string of the molecule is Nc1nnc(C2CSc3ccccc32)n1N. The van der Waals surface area contributed by atoms with Gasteiger partial charge >= 0.3 is 0 Å². The molecular formula is C10H11N5S. The third-order valence-electron chi connectivity index (χ3n) is 2.76. The van der Waals surface area contributed by atoms with Crippen LogP contribution < -0.4 is 11.6 Å². The highest BCUT2D eigenvalue weighted by Gasteiger charge is 2.28. The summed E-state index contributed by atoms with van der Waals surface area (Å²) >= 11 is 1.81. The number of nitrogens with zero attached hydrogens (tertiary/aromatic N) is 3. The highest BCUT2D eigenvalue weighted by molar-refractivity contribution is 7.99. The van der Waals surface area contributed by atoms with E-state index in [1.165, 1.54) is 15.1 Å². The molecule has 2 heterocycles. The number of anilines is 1. The molecule has 1 aliphatic rings. The number of nitrogen functional groups attached to an aromatic ring is 2. The zero-order chi connectivity index (χ0) is 11.1. The number of rotatable bonds is 1. The van der Waals surface area contributed by atoms with Crippen molar-refractivity contribution in [3.8, 4) is 0 Å². The summed E-state index contributed by atoms with van der Waals surface area (Å²) in [4.78, 5) is 1.29. The molecule has 0 spiro atoms. The maximum Gasteiger partial charge on any atom is 0.240 e. The summed E-state index contributed by atoms with van der Waals surface area (Å²) < 4.78 is 1.37. The van der Waals surface area contributed by atoms with Gasteiger partial charge in [-0.1, -0.05) is 18.2 Å². The van der Waals surface area contributed by atoms with Gasteiger partial charge in [0.1, 0.15) is 0 Å². The Labute approximate surface area is 96.8 Å². The van der Waals surface area contributed by atoms with Gasteiger partial charge in [-0.25, -0.2) is 4.68 Å². The Bertz CT molecular complexity index is 536. The molecule has 1 unspecified atom stereocenters. The topological polar surface area (TPSA) is 82.8 Å². The van der Waals surface area contributed by atoms with E-state index in [1.807, 2.05) is 23.9 Å². The van der Waals surface area contributed by atoms with Crippen molar-refractivity contribution in [3.05, 3.63) is 35.7 Å². The Balaban J connectivity index is 2.08. The molecule has 0 radical (unpaired) electrons. The highest BCUT2D eigenvalue weighted by Crippen LogP contribution is 2.42. The van der Waals surface area contributed by atoms with Crippen LogP contribution in [-0.4, -0.2) is 20.6 Å². The highest BCUT2D eigenvalue weighted by atomic mass is 32.2. The van der Waals surface area contributed by atoms with Gasteiger partial charge in [-0.3, -0.25) is 0 Å². The van der Waals surface area contributed by atoms with E-state index in [-0.39, 0.29) is 11.9 Å². The van der Waals surface area contributed by atoms with Crippen LogP contribution in [0.4, 0.5) is 5.95 Å². The number of nitrogens with two attached hydrogens (primary N) is 2. The number of hydrogen-bond acceptors (Lipinski definition) is 5. The average Bonchev–Trinajstić information content (AvgIpc) is 2.85. The maximum absolute atomic E-state index is 5.80. The number of thioether (sulfide) groups is 1. The number of fused-ring (bicyclic) bond motifs is 1. The average molecular weight is 233 g/mol. The van der Waals surface area contributed by atoms with Crippen LogP contribution in [0, 0.1) is 0 Å². The standard InChI is InChI=1S/C10H11N5S/c11-10-14-13-9(15(10)12)7-5-16-8-4-2-1-3-6(7)8/h1-4,7H,5,12H2,(H2,11,14). The molecule has 1 aliphatic heterocycles. The number of benzene rings is 1. The summed E-state index contributed by atoms with van der Waals surface area (Å²) in [6.07, 6.45) is 0. The van der Waals surface area contributed by atoms with Crippen LogP contribution in [0.1, 0.15) is 17.3 Å². The second-order valence-electron chi connectivity index (χ2n) is 3.69. The summed E-state index contributed by atoms with van der Waals surface area (Å²) in [5, 5.41) is 7.84. The van der Waals surface area contributed by atoms with E-state index in [0.29, 0.717) is 0 Å². The van der Waals surface area contributed by atoms with Crippen LogP contribution in [0.25, 0.3) is 0 Å². The molecule has 2 aromatic rings. The van der Waals surface area contributed by atoms with Gasteiger partial charge in [-0.15, -0.1) is 22.0 Å². The Hall–Kier alpha value is -1.69. The molecule has 1 aromatic carbocycles. The van der Waals surface area contributed by atoms with Gasteiger partial charge in [-0.2, -0.15) is 0 Å². The van der Waals surface area contributed by atoms with Gasteiger partial charge in [0, 0.05) is 10.6 Å². The molecule has 4 N–H and O–H groups in total. The fourth-order valence-corrected chi connectivity index (χ4v) is 3.16. The lowest BCUT2D eigenvalue weighted by atomic mass is 10.0. The van der Waals surface area contributed by atoms with Crippen LogP contribution >= 0.6 is 11.8 Å². The molecule has 0 amide bonds. The van der Waals surface area contributed by atoms with Crippen molar-refractivity contribution in [1.29, 1.82) is 0 Å². The quantitative estimate of drug-likeness (QED) is 0.712. The first-order valence-corrected chi connectivity index (χ1v) is 5.93. The minimum atomic E-state index is 0.191. The Kier molecular flexibility index (Phi) is 2.03. The number of aromatic nitrogens is 3. The third kappa shape index (κ3) is 1.26. The molecule has 1 atom stereocenters. The first kappa shape index (κ1) is 9.53. The van der Waals surface area contributed by atoms with Crippen molar-refractivity contribution in [1.82, 2.24) is 14.9 Å². The van der Waals surface area contributed by atoms with Gasteiger partial charge < -0.3 is 11.6 Å². The van der Waals surface area contributed by atoms with Crippen LogP contribution in [0.3, 0.4) is 0 Å². The van der Waals surface area contributed by atoms with E-state index in [0.717, 1.165) is 11.6 Å². The lowest BCUT2D eigenvalue weighted by molar-refractivity contribution is 0.776. The van der Waals surface area contributed by atoms with E-state index < -0.39 is 0 Å². The first-order chi connectivity index (χ1) is 7.77. The van der Waals surface area contributed by atoms with E-state index in [2.05, 4.69) is 22.3 Å². The van der Waals surface area contributed by atoms with E-state index in [1.54, 1.807) is 0 Å². The fraction of sp³-hybridized carbons (Fsp3) is 0.200. The second-order valence-corrected chi connectivity index (χ2v) is 4.75. The molecule has 0 saturated heterocycles. The molecule has 0 bridgehead atoms. The van der Waals surface area contributed by atoms with Crippen molar-refractivity contribution in [3.63, 3.8) is 0 Å². The minimum Gasteiger partial charge on any atom is -0.366 e. The Morgan fingerprint density at radius 2 is 2.12 bits per heavy atom. The van der Waals surface area contributed by atoms with Crippen LogP contribution in [0.2, 0.25) is 0 Å². The van der Waals surface area contributed by atoms with Crippen molar-refractivity contribution < 1.29 is 0 Å². The molecule has 16 heavy (non-hydrogen) atoms. The Morgan fingerprint density at radius 1 is 1.31 bits per heavy atom. The molecular weight excluding hydrogens is 222 g/mol. The molecule has 82 valence electrons. The fourth-order valence-electron chi connectivity index (χ4n) is 1.93. The summed E-state index contributed by atoms with van der Waals surface area (Å²) in [7, 11) is 0. The van der Waals surface area contributed by atoms with E-state index in [4.69, 9.17) is 11.6 Å². The smallest absolute Gasteiger partial charge is 0.240 e. The van der Waals surface area contributed by atoms with Gasteiger partial charge in [0.25, 0.3) is 0 Å². The molecule has 0 aliphatic carbocycles. The molecule has 1 aromatic heterocycles. The third-order valence-corrected chi connectivity index (χ3v) is 3.94. The zero-order valence-electron chi connectivity index (χ0n) is 8.50. The summed E-state index contributed by atoms with van der Waals surface area (Å²) in [5.74, 6) is 7.91. The lowest BCUT2D eigenvalue weighted by Gasteiger charge is -2.09. The first-order valence-electron chi connectivity index (χ1n) is 4.95. The summed E-state index contributed by atoms with van der Waals surface area (Å²) in [6.45, 7) is 0. The molecule has 3 rings (SSSR count).